The first kappa shape index (κ1) is 14.2. The van der Waals surface area contributed by atoms with Gasteiger partial charge in [0, 0.05) is 38.3 Å². The first-order valence-corrected chi connectivity index (χ1v) is 8.32. The SMILES string of the molecule is CC1CCN(S(=O)(=O)N2C(C)CNCC2C)CC1. The number of nitrogens with zero attached hydrogens (tertiary/aromatic N) is 2. The van der Waals surface area contributed by atoms with Crippen LogP contribution < -0.4 is 5.32 Å². The van der Waals surface area contributed by atoms with Gasteiger partial charge in [-0.2, -0.15) is 17.0 Å². The van der Waals surface area contributed by atoms with Gasteiger partial charge in [0.15, 0.2) is 0 Å². The van der Waals surface area contributed by atoms with Gasteiger partial charge < -0.3 is 5.32 Å². The maximum atomic E-state index is 12.7. The van der Waals surface area contributed by atoms with E-state index in [0.717, 1.165) is 25.9 Å². The third kappa shape index (κ3) is 2.71. The van der Waals surface area contributed by atoms with Crippen molar-refractivity contribution in [2.24, 2.45) is 5.92 Å². The highest BCUT2D eigenvalue weighted by atomic mass is 32.2. The van der Waals surface area contributed by atoms with Crippen molar-refractivity contribution in [2.45, 2.75) is 45.7 Å². The van der Waals surface area contributed by atoms with Gasteiger partial charge in [0.25, 0.3) is 10.2 Å². The lowest BCUT2D eigenvalue weighted by Crippen LogP contribution is -2.61. The quantitative estimate of drug-likeness (QED) is 0.805. The monoisotopic (exact) mass is 275 g/mol. The smallest absolute Gasteiger partial charge is 0.282 e. The van der Waals surface area contributed by atoms with E-state index < -0.39 is 10.2 Å². The fourth-order valence-corrected chi connectivity index (χ4v) is 4.92. The van der Waals surface area contributed by atoms with Gasteiger partial charge in [-0.25, -0.2) is 0 Å². The molecule has 2 aliphatic heterocycles. The Morgan fingerprint density at radius 3 is 2.00 bits per heavy atom. The maximum Gasteiger partial charge on any atom is 0.282 e. The molecule has 0 spiro atoms. The van der Waals surface area contributed by atoms with Gasteiger partial charge >= 0.3 is 0 Å². The third-order valence-electron chi connectivity index (χ3n) is 4.08. The molecular formula is C12H25N3O2S. The van der Waals surface area contributed by atoms with Gasteiger partial charge in [0.05, 0.1) is 0 Å². The minimum absolute atomic E-state index is 0.0399. The van der Waals surface area contributed by atoms with Crippen LogP contribution in [0.2, 0.25) is 0 Å². The first-order chi connectivity index (χ1) is 8.43. The third-order valence-corrected chi connectivity index (χ3v) is 6.35. The van der Waals surface area contributed by atoms with Gasteiger partial charge in [-0.3, -0.25) is 0 Å². The van der Waals surface area contributed by atoms with Crippen LogP contribution in [0.15, 0.2) is 0 Å². The Morgan fingerprint density at radius 2 is 1.50 bits per heavy atom. The Kier molecular flexibility index (Phi) is 4.31. The van der Waals surface area contributed by atoms with Gasteiger partial charge in [-0.1, -0.05) is 6.92 Å². The van der Waals surface area contributed by atoms with Crippen LogP contribution in [0.25, 0.3) is 0 Å². The number of nitrogens with one attached hydrogen (secondary N) is 1. The van der Waals surface area contributed by atoms with Crippen molar-refractivity contribution in [3.8, 4) is 0 Å². The Hall–Kier alpha value is -0.170. The average molecular weight is 275 g/mol. The molecule has 106 valence electrons. The second kappa shape index (κ2) is 5.45. The van der Waals surface area contributed by atoms with Crippen LogP contribution in [0.3, 0.4) is 0 Å². The van der Waals surface area contributed by atoms with Crippen LogP contribution >= 0.6 is 0 Å². The highest BCUT2D eigenvalue weighted by Gasteiger charge is 2.39. The molecule has 2 atom stereocenters. The van der Waals surface area contributed by atoms with E-state index in [0.29, 0.717) is 19.0 Å². The topological polar surface area (TPSA) is 52.7 Å². The van der Waals surface area contributed by atoms with Crippen LogP contribution in [0.4, 0.5) is 0 Å². The predicted molar refractivity (Wildman–Crippen MR) is 72.5 cm³/mol. The number of piperazine rings is 1. The van der Waals surface area contributed by atoms with Crippen molar-refractivity contribution in [3.63, 3.8) is 0 Å². The van der Waals surface area contributed by atoms with Crippen molar-refractivity contribution in [3.05, 3.63) is 0 Å². The van der Waals surface area contributed by atoms with Gasteiger partial charge in [-0.05, 0) is 32.6 Å². The molecule has 0 aromatic carbocycles. The van der Waals surface area contributed by atoms with Crippen molar-refractivity contribution >= 4 is 10.2 Å². The minimum atomic E-state index is -3.28. The summed E-state index contributed by atoms with van der Waals surface area (Å²) >= 11 is 0. The van der Waals surface area contributed by atoms with Crippen molar-refractivity contribution in [1.29, 1.82) is 0 Å². The molecule has 2 unspecified atom stereocenters. The van der Waals surface area contributed by atoms with Crippen LogP contribution in [0.5, 0.6) is 0 Å². The van der Waals surface area contributed by atoms with E-state index in [-0.39, 0.29) is 12.1 Å². The van der Waals surface area contributed by atoms with E-state index in [1.165, 1.54) is 0 Å². The molecule has 2 heterocycles. The summed E-state index contributed by atoms with van der Waals surface area (Å²) < 4.78 is 28.8. The molecule has 2 rings (SSSR count). The van der Waals surface area contributed by atoms with E-state index >= 15 is 0 Å². The molecular weight excluding hydrogens is 250 g/mol. The van der Waals surface area contributed by atoms with Gasteiger partial charge in [-0.15, -0.1) is 0 Å². The summed E-state index contributed by atoms with van der Waals surface area (Å²) in [7, 11) is -3.28. The molecule has 2 aliphatic rings. The van der Waals surface area contributed by atoms with Crippen LogP contribution in [-0.2, 0) is 10.2 Å². The molecule has 1 N–H and O–H groups in total. The van der Waals surface area contributed by atoms with Crippen molar-refractivity contribution in [2.75, 3.05) is 26.2 Å². The number of piperidine rings is 1. The number of hydrogen-bond donors (Lipinski definition) is 1. The molecule has 0 aliphatic carbocycles. The van der Waals surface area contributed by atoms with Crippen LogP contribution in [0, 0.1) is 5.92 Å². The summed E-state index contributed by atoms with van der Waals surface area (Å²) in [6, 6.07) is 0.0798. The summed E-state index contributed by atoms with van der Waals surface area (Å²) in [5, 5.41) is 3.27. The first-order valence-electron chi connectivity index (χ1n) is 6.92. The van der Waals surface area contributed by atoms with E-state index in [4.69, 9.17) is 0 Å². The second-order valence-electron chi connectivity index (χ2n) is 5.78. The zero-order valence-corrected chi connectivity index (χ0v) is 12.4. The maximum absolute atomic E-state index is 12.7. The van der Waals surface area contributed by atoms with Crippen LogP contribution in [-0.4, -0.2) is 55.3 Å². The minimum Gasteiger partial charge on any atom is -0.314 e. The zero-order valence-electron chi connectivity index (χ0n) is 11.6. The van der Waals surface area contributed by atoms with E-state index in [2.05, 4.69) is 12.2 Å². The molecule has 18 heavy (non-hydrogen) atoms. The lowest BCUT2D eigenvalue weighted by atomic mass is 10.0. The summed E-state index contributed by atoms with van der Waals surface area (Å²) in [6.45, 7) is 8.99. The fraction of sp³-hybridized carbons (Fsp3) is 1.00. The Bertz CT molecular complexity index is 367. The summed E-state index contributed by atoms with van der Waals surface area (Å²) in [5.41, 5.74) is 0. The highest BCUT2D eigenvalue weighted by Crippen LogP contribution is 2.24. The largest absolute Gasteiger partial charge is 0.314 e. The molecule has 0 aromatic rings. The van der Waals surface area contributed by atoms with Gasteiger partial charge in [0.2, 0.25) is 0 Å². The molecule has 0 amide bonds. The molecule has 2 fully saturated rings. The average Bonchev–Trinajstić information content (AvgIpc) is 2.29. The zero-order chi connectivity index (χ0) is 13.3. The molecule has 5 nitrogen and oxygen atoms in total. The molecule has 6 heteroatoms. The molecule has 0 saturated carbocycles. The van der Waals surface area contributed by atoms with Crippen LogP contribution in [0.1, 0.15) is 33.6 Å². The van der Waals surface area contributed by atoms with Crippen molar-refractivity contribution < 1.29 is 8.42 Å². The van der Waals surface area contributed by atoms with Crippen molar-refractivity contribution in [1.82, 2.24) is 13.9 Å². The lowest BCUT2D eigenvalue weighted by Gasteiger charge is -2.42. The molecule has 0 radical (unpaired) electrons. The standard InChI is InChI=1S/C12H25N3O2S/c1-10-4-6-14(7-5-10)18(16,17)15-11(2)8-13-9-12(15)3/h10-13H,4-9H2,1-3H3. The summed E-state index contributed by atoms with van der Waals surface area (Å²) in [5.74, 6) is 0.648. The van der Waals surface area contributed by atoms with E-state index in [1.807, 2.05) is 13.8 Å². The fourth-order valence-electron chi connectivity index (χ4n) is 2.92. The Balaban J connectivity index is 2.14. The highest BCUT2D eigenvalue weighted by molar-refractivity contribution is 7.86. The Morgan fingerprint density at radius 1 is 1.00 bits per heavy atom. The normalized spacial score (nSPS) is 33.7. The van der Waals surface area contributed by atoms with E-state index in [9.17, 15) is 8.42 Å². The lowest BCUT2D eigenvalue weighted by molar-refractivity contribution is 0.190. The van der Waals surface area contributed by atoms with E-state index in [1.54, 1.807) is 8.61 Å². The molecule has 0 bridgehead atoms. The second-order valence-corrected chi connectivity index (χ2v) is 7.61. The number of rotatable bonds is 2. The van der Waals surface area contributed by atoms with Gasteiger partial charge in [0.1, 0.15) is 0 Å². The predicted octanol–water partition coefficient (Wildman–Crippen LogP) is 0.645. The summed E-state index contributed by atoms with van der Waals surface area (Å²) in [6.07, 6.45) is 1.96. The Labute approximate surface area is 111 Å². The molecule has 2 saturated heterocycles. The number of hydrogen-bond acceptors (Lipinski definition) is 3. The molecule has 0 aromatic heterocycles. The summed E-state index contributed by atoms with van der Waals surface area (Å²) in [4.78, 5) is 0.